The third-order valence-corrected chi connectivity index (χ3v) is 5.15. The van der Waals surface area contributed by atoms with Gasteiger partial charge in [0.25, 0.3) is 5.91 Å². The van der Waals surface area contributed by atoms with Crippen LogP contribution in [0.5, 0.6) is 0 Å². The van der Waals surface area contributed by atoms with Crippen LogP contribution in [0.2, 0.25) is 0 Å². The van der Waals surface area contributed by atoms with Gasteiger partial charge in [0, 0.05) is 0 Å². The smallest absolute Gasteiger partial charge is 0.460 e. The van der Waals surface area contributed by atoms with Crippen LogP contribution in [0.15, 0.2) is 0 Å². The number of unbranched alkanes of at least 4 members (excludes halogenated alkanes) is 3. The van der Waals surface area contributed by atoms with Crippen molar-refractivity contribution in [1.29, 1.82) is 0 Å². The van der Waals surface area contributed by atoms with E-state index in [1.807, 2.05) is 0 Å². The molecule has 232 valence electrons. The average Bonchev–Trinajstić information content (AvgIpc) is 2.76. The molecule has 0 aromatic carbocycles. The number of alkyl halides is 15. The minimum absolute atomic E-state index is 0.203. The first-order valence-electron chi connectivity index (χ1n) is 11.0. The van der Waals surface area contributed by atoms with Gasteiger partial charge in [-0.2, -0.15) is 65.9 Å². The van der Waals surface area contributed by atoms with Crippen molar-refractivity contribution in [3.63, 3.8) is 0 Å². The van der Waals surface area contributed by atoms with Gasteiger partial charge >= 0.3 is 47.7 Å². The van der Waals surface area contributed by atoms with Crippen LogP contribution >= 0.6 is 0 Å². The Labute approximate surface area is 211 Å². The molecule has 1 atom stereocenters. The highest BCUT2D eigenvalue weighted by Crippen LogP contribution is 2.62. The Balaban J connectivity index is 6.23. The molecule has 0 heterocycles. The number of nitrogens with one attached hydrogen (secondary N) is 1. The zero-order chi connectivity index (χ0) is 31.5. The number of carbonyl (C=O) groups excluding carboxylic acids is 2. The summed E-state index contributed by atoms with van der Waals surface area (Å²) >= 11 is 0. The van der Waals surface area contributed by atoms with Crippen molar-refractivity contribution < 1.29 is 80.2 Å². The van der Waals surface area contributed by atoms with Crippen LogP contribution in [0.3, 0.4) is 0 Å². The summed E-state index contributed by atoms with van der Waals surface area (Å²) in [6, 6.07) is -2.30. The zero-order valence-electron chi connectivity index (χ0n) is 20.3. The molecule has 1 N–H and O–H groups in total. The normalized spacial score (nSPS) is 15.4. The highest BCUT2D eigenvalue weighted by molar-refractivity contribution is 5.89. The lowest BCUT2D eigenvalue weighted by Gasteiger charge is -2.41. The lowest BCUT2D eigenvalue weighted by molar-refractivity contribution is -0.449. The fourth-order valence-electron chi connectivity index (χ4n) is 2.85. The molecule has 4 nitrogen and oxygen atoms in total. The van der Waals surface area contributed by atoms with Crippen LogP contribution in [-0.4, -0.2) is 66.2 Å². The van der Waals surface area contributed by atoms with E-state index in [4.69, 9.17) is 0 Å². The Morgan fingerprint density at radius 1 is 0.667 bits per heavy atom. The topological polar surface area (TPSA) is 55.4 Å². The van der Waals surface area contributed by atoms with Crippen LogP contribution in [-0.2, 0) is 14.3 Å². The maximum absolute atomic E-state index is 14.1. The molecule has 0 radical (unpaired) electrons. The van der Waals surface area contributed by atoms with Crippen molar-refractivity contribution in [1.82, 2.24) is 5.32 Å². The van der Waals surface area contributed by atoms with E-state index in [0.717, 1.165) is 11.7 Å². The Hall–Kier alpha value is -2.11. The predicted octanol–water partition coefficient (Wildman–Crippen LogP) is 7.01. The number of hydrogen-bond acceptors (Lipinski definition) is 3. The first kappa shape index (κ1) is 36.9. The summed E-state index contributed by atoms with van der Waals surface area (Å²) in [6.07, 6.45) is -6.33. The predicted molar refractivity (Wildman–Crippen MR) is 102 cm³/mol. The van der Waals surface area contributed by atoms with Gasteiger partial charge in [-0.3, -0.25) is 4.79 Å². The number of hydrogen-bond donors (Lipinski definition) is 1. The second-order valence-corrected chi connectivity index (χ2v) is 8.83. The molecule has 0 aromatic heterocycles. The molecule has 0 rings (SSSR count). The highest BCUT2D eigenvalue weighted by Gasteiger charge is 2.94. The van der Waals surface area contributed by atoms with E-state index < -0.39 is 72.0 Å². The van der Waals surface area contributed by atoms with Crippen molar-refractivity contribution in [2.75, 3.05) is 6.61 Å². The molecule has 0 aliphatic rings. The molecule has 0 bridgehead atoms. The van der Waals surface area contributed by atoms with Gasteiger partial charge in [0.1, 0.15) is 6.04 Å². The van der Waals surface area contributed by atoms with Crippen molar-refractivity contribution in [3.05, 3.63) is 0 Å². The summed E-state index contributed by atoms with van der Waals surface area (Å²) in [5, 5.41) is 0.826. The van der Waals surface area contributed by atoms with Crippen LogP contribution in [0.25, 0.3) is 0 Å². The van der Waals surface area contributed by atoms with Gasteiger partial charge in [0.15, 0.2) is 0 Å². The molecule has 0 aromatic rings. The molecular formula is C20H24F15NO3. The maximum atomic E-state index is 14.1. The molecule has 39 heavy (non-hydrogen) atoms. The number of rotatable bonds is 15. The molecule has 1 amide bonds. The second-order valence-electron chi connectivity index (χ2n) is 8.83. The lowest BCUT2D eigenvalue weighted by Crippen LogP contribution is -2.74. The molecule has 1 unspecified atom stereocenters. The van der Waals surface area contributed by atoms with Crippen LogP contribution in [0, 0.1) is 5.92 Å². The van der Waals surface area contributed by atoms with E-state index in [1.54, 1.807) is 6.92 Å². The van der Waals surface area contributed by atoms with E-state index in [2.05, 4.69) is 4.74 Å². The van der Waals surface area contributed by atoms with Gasteiger partial charge in [0.05, 0.1) is 6.61 Å². The van der Waals surface area contributed by atoms with Gasteiger partial charge in [-0.15, -0.1) is 0 Å². The number of carbonyl (C=O) groups is 2. The number of halogens is 15. The lowest BCUT2D eigenvalue weighted by atomic mass is 9.90. The summed E-state index contributed by atoms with van der Waals surface area (Å²) in [5.41, 5.74) is 0. The highest BCUT2D eigenvalue weighted by atomic mass is 19.4. The summed E-state index contributed by atoms with van der Waals surface area (Å²) in [5.74, 6) is -54.6. The monoisotopic (exact) mass is 611 g/mol. The van der Waals surface area contributed by atoms with E-state index in [0.29, 0.717) is 12.8 Å². The summed E-state index contributed by atoms with van der Waals surface area (Å²) in [4.78, 5) is 23.8. The molecule has 0 saturated heterocycles. The fraction of sp³-hybridized carbons (Fsp3) is 0.900. The van der Waals surface area contributed by atoms with Gasteiger partial charge in [-0.05, 0) is 18.8 Å². The second kappa shape index (κ2) is 12.2. The van der Waals surface area contributed by atoms with Gasteiger partial charge < -0.3 is 10.1 Å². The minimum atomic E-state index is -8.51. The van der Waals surface area contributed by atoms with Crippen molar-refractivity contribution in [2.45, 2.75) is 101 Å². The molecule has 19 heteroatoms. The van der Waals surface area contributed by atoms with E-state index >= 15 is 0 Å². The minimum Gasteiger partial charge on any atom is -0.464 e. The summed E-state index contributed by atoms with van der Waals surface area (Å²) < 4.78 is 204. The van der Waals surface area contributed by atoms with Crippen LogP contribution in [0.1, 0.15) is 52.9 Å². The molecular weight excluding hydrogens is 587 g/mol. The maximum Gasteiger partial charge on any atom is 0.460 e. The summed E-state index contributed by atoms with van der Waals surface area (Å²) in [6.45, 7) is 3.97. The third-order valence-electron chi connectivity index (χ3n) is 5.15. The Morgan fingerprint density at radius 2 is 1.10 bits per heavy atom. The SMILES string of the molecule is CCCCCCOC(=O)C(CC(C)C)NC(=O)C(F)(F)C(F)(F)C(F)(F)C(F)(F)C(F)(F)C(F)(F)C(F)(F)F. The van der Waals surface area contributed by atoms with E-state index in [9.17, 15) is 75.4 Å². The van der Waals surface area contributed by atoms with Gasteiger partial charge in [0.2, 0.25) is 0 Å². The van der Waals surface area contributed by atoms with Crippen molar-refractivity contribution in [2.24, 2.45) is 5.92 Å². The van der Waals surface area contributed by atoms with Crippen molar-refractivity contribution >= 4 is 11.9 Å². The Morgan fingerprint density at radius 3 is 1.51 bits per heavy atom. The van der Waals surface area contributed by atoms with E-state index in [-0.39, 0.29) is 13.0 Å². The standard InChI is InChI=1S/C20H24F15NO3/c1-4-5-6-7-8-39-12(37)11(9-10(2)3)36-13(38)14(21,22)15(23,24)16(25,26)17(27,28)18(29,30)19(31,32)20(33,34)35/h10-11H,4-9H2,1-3H3,(H,36,38). The Bertz CT molecular complexity index is 841. The third kappa shape index (κ3) is 6.97. The van der Waals surface area contributed by atoms with Gasteiger partial charge in [-0.25, -0.2) is 4.79 Å². The fourth-order valence-corrected chi connectivity index (χ4v) is 2.85. The molecule has 0 spiro atoms. The summed E-state index contributed by atoms with van der Waals surface area (Å²) in [7, 11) is 0. The van der Waals surface area contributed by atoms with Crippen molar-refractivity contribution in [3.8, 4) is 0 Å². The molecule has 0 aliphatic carbocycles. The average molecular weight is 611 g/mol. The van der Waals surface area contributed by atoms with Gasteiger partial charge in [-0.1, -0.05) is 40.0 Å². The molecule has 0 fully saturated rings. The number of ether oxygens (including phenoxy) is 1. The first-order chi connectivity index (χ1) is 17.2. The van der Waals surface area contributed by atoms with Crippen LogP contribution in [0.4, 0.5) is 65.9 Å². The number of esters is 1. The Kier molecular flexibility index (Phi) is 11.5. The first-order valence-corrected chi connectivity index (χ1v) is 11.0. The largest absolute Gasteiger partial charge is 0.464 e. The van der Waals surface area contributed by atoms with Crippen LogP contribution < -0.4 is 5.32 Å². The number of amides is 1. The van der Waals surface area contributed by atoms with E-state index in [1.165, 1.54) is 13.8 Å². The molecule has 0 aliphatic heterocycles. The zero-order valence-corrected chi connectivity index (χ0v) is 20.3. The molecule has 0 saturated carbocycles. The quantitative estimate of drug-likeness (QED) is 0.123.